The molecule has 1 aliphatic rings. The molecule has 5 aromatic carbocycles. The molecular formula is C35H27N3. The molecule has 3 nitrogen and oxygen atoms in total. The fourth-order valence-corrected chi connectivity index (χ4v) is 5.94. The van der Waals surface area contributed by atoms with Gasteiger partial charge in [-0.25, -0.2) is 0 Å². The summed E-state index contributed by atoms with van der Waals surface area (Å²) in [7, 11) is 0. The van der Waals surface area contributed by atoms with Crippen LogP contribution in [0.5, 0.6) is 0 Å². The van der Waals surface area contributed by atoms with Crippen molar-refractivity contribution in [3.05, 3.63) is 139 Å². The van der Waals surface area contributed by atoms with Gasteiger partial charge in [0.2, 0.25) is 0 Å². The summed E-state index contributed by atoms with van der Waals surface area (Å²) in [5.41, 5.74) is 10.8. The van der Waals surface area contributed by atoms with Crippen LogP contribution in [-0.4, -0.2) is 10.2 Å². The van der Waals surface area contributed by atoms with Gasteiger partial charge in [-0.15, -0.1) is 0 Å². The van der Waals surface area contributed by atoms with Gasteiger partial charge < -0.3 is 4.90 Å². The van der Waals surface area contributed by atoms with E-state index >= 15 is 0 Å². The molecule has 0 saturated carbocycles. The largest absolute Gasteiger partial charge is 0.309 e. The van der Waals surface area contributed by atoms with E-state index in [-0.39, 0.29) is 5.41 Å². The molecular weight excluding hydrogens is 462 g/mol. The van der Waals surface area contributed by atoms with Gasteiger partial charge in [0.05, 0.1) is 29.5 Å². The van der Waals surface area contributed by atoms with E-state index in [1.807, 2.05) is 12.4 Å². The number of benzene rings is 5. The summed E-state index contributed by atoms with van der Waals surface area (Å²) < 4.78 is 0. The molecule has 0 radical (unpaired) electrons. The maximum atomic E-state index is 4.14. The minimum atomic E-state index is -0.118. The Bertz CT molecular complexity index is 1750. The molecule has 0 saturated heterocycles. The summed E-state index contributed by atoms with van der Waals surface area (Å²) in [5, 5.41) is 10.4. The van der Waals surface area contributed by atoms with Gasteiger partial charge in [0, 0.05) is 27.3 Å². The first-order valence-corrected chi connectivity index (χ1v) is 13.0. The Morgan fingerprint density at radius 2 is 1.11 bits per heavy atom. The van der Waals surface area contributed by atoms with Crippen LogP contribution in [0.25, 0.3) is 33.0 Å². The summed E-state index contributed by atoms with van der Waals surface area (Å²) in [6, 6.07) is 41.6. The molecule has 3 heteroatoms. The van der Waals surface area contributed by atoms with Crippen molar-refractivity contribution < 1.29 is 0 Å². The number of anilines is 3. The highest BCUT2D eigenvalue weighted by Gasteiger charge is 2.37. The third-order valence-corrected chi connectivity index (χ3v) is 7.84. The van der Waals surface area contributed by atoms with Crippen molar-refractivity contribution in [3.8, 4) is 22.3 Å². The number of nitrogens with zero attached hydrogens (tertiary/aromatic N) is 3. The van der Waals surface area contributed by atoms with Crippen LogP contribution < -0.4 is 4.90 Å². The number of para-hydroxylation sites is 3. The zero-order chi connectivity index (χ0) is 25.7. The number of hydrogen-bond acceptors (Lipinski definition) is 3. The van der Waals surface area contributed by atoms with E-state index < -0.39 is 0 Å². The van der Waals surface area contributed by atoms with Gasteiger partial charge in [0.25, 0.3) is 0 Å². The molecule has 1 aromatic heterocycles. The lowest BCUT2D eigenvalue weighted by Gasteiger charge is -2.43. The molecule has 7 rings (SSSR count). The Labute approximate surface area is 223 Å². The Kier molecular flexibility index (Phi) is 5.12. The number of rotatable bonds is 3. The van der Waals surface area contributed by atoms with Gasteiger partial charge in [0.15, 0.2) is 0 Å². The van der Waals surface area contributed by atoms with Crippen LogP contribution in [0.1, 0.15) is 25.0 Å². The fraction of sp³-hybridized carbons (Fsp3) is 0.0857. The van der Waals surface area contributed by atoms with Crippen molar-refractivity contribution in [1.82, 2.24) is 10.2 Å². The second-order valence-corrected chi connectivity index (χ2v) is 10.4. The summed E-state index contributed by atoms with van der Waals surface area (Å²) in [5.74, 6) is 0. The third kappa shape index (κ3) is 3.43. The van der Waals surface area contributed by atoms with Crippen molar-refractivity contribution >= 4 is 27.8 Å². The maximum absolute atomic E-state index is 4.14. The topological polar surface area (TPSA) is 29.0 Å². The Morgan fingerprint density at radius 3 is 1.79 bits per heavy atom. The molecule has 0 atom stereocenters. The Morgan fingerprint density at radius 1 is 0.526 bits per heavy atom. The smallest absolute Gasteiger partial charge is 0.0618 e. The summed E-state index contributed by atoms with van der Waals surface area (Å²) in [6.45, 7) is 4.66. The van der Waals surface area contributed by atoms with Gasteiger partial charge in [0.1, 0.15) is 0 Å². The second kappa shape index (κ2) is 8.67. The first-order valence-electron chi connectivity index (χ1n) is 13.0. The van der Waals surface area contributed by atoms with Crippen LogP contribution in [0.2, 0.25) is 0 Å². The van der Waals surface area contributed by atoms with Crippen LogP contribution in [0.4, 0.5) is 17.1 Å². The predicted molar refractivity (Wildman–Crippen MR) is 157 cm³/mol. The number of hydrogen-bond donors (Lipinski definition) is 0. The molecule has 0 spiro atoms. The molecule has 0 fully saturated rings. The molecule has 0 aliphatic carbocycles. The van der Waals surface area contributed by atoms with Crippen molar-refractivity contribution in [2.45, 2.75) is 19.3 Å². The van der Waals surface area contributed by atoms with Gasteiger partial charge in [-0.3, -0.25) is 0 Å². The van der Waals surface area contributed by atoms with E-state index in [1.165, 1.54) is 44.9 Å². The lowest BCUT2D eigenvalue weighted by Crippen LogP contribution is -2.31. The van der Waals surface area contributed by atoms with Crippen molar-refractivity contribution in [1.29, 1.82) is 0 Å². The molecule has 0 amide bonds. The zero-order valence-corrected chi connectivity index (χ0v) is 21.5. The molecule has 0 N–H and O–H groups in total. The first kappa shape index (κ1) is 22.4. The van der Waals surface area contributed by atoms with E-state index in [4.69, 9.17) is 0 Å². The lowest BCUT2D eigenvalue weighted by atomic mass is 9.73. The van der Waals surface area contributed by atoms with E-state index in [9.17, 15) is 0 Å². The summed E-state index contributed by atoms with van der Waals surface area (Å²) in [6.07, 6.45) is 3.66. The van der Waals surface area contributed by atoms with Gasteiger partial charge >= 0.3 is 0 Å². The fourth-order valence-electron chi connectivity index (χ4n) is 5.94. The first-order chi connectivity index (χ1) is 18.6. The maximum Gasteiger partial charge on any atom is 0.0618 e. The molecule has 6 aromatic rings. The highest BCUT2D eigenvalue weighted by Crippen LogP contribution is 2.55. The molecule has 182 valence electrons. The zero-order valence-electron chi connectivity index (χ0n) is 21.5. The van der Waals surface area contributed by atoms with Crippen molar-refractivity contribution in [2.24, 2.45) is 0 Å². The molecule has 1 aliphatic heterocycles. The Hall–Kier alpha value is -4.76. The Balaban J connectivity index is 1.59. The SMILES string of the molecule is CC1(C)c2ccccc2N(c2c(-c3ccccc3)cccc2-c2ccc3cnncc3c2)c2ccccc21. The normalized spacial score (nSPS) is 13.7. The third-order valence-electron chi connectivity index (χ3n) is 7.84. The monoisotopic (exact) mass is 489 g/mol. The van der Waals surface area contributed by atoms with Crippen LogP contribution in [0.3, 0.4) is 0 Å². The lowest BCUT2D eigenvalue weighted by molar-refractivity contribution is 0.632. The standard InChI is InChI=1S/C35H27N3/c1-35(2)30-15-6-8-17-32(30)38(33-18-9-7-16-31(33)35)34-28(24-11-4-3-5-12-24)13-10-14-29(34)25-19-20-26-22-36-37-23-27(26)21-25/h3-23H,1-2H3. The summed E-state index contributed by atoms with van der Waals surface area (Å²) >= 11 is 0. The minimum absolute atomic E-state index is 0.118. The molecule has 0 unspecified atom stereocenters. The van der Waals surface area contributed by atoms with Gasteiger partial charge in [-0.2, -0.15) is 10.2 Å². The average molecular weight is 490 g/mol. The van der Waals surface area contributed by atoms with E-state index in [0.717, 1.165) is 16.3 Å². The quantitative estimate of drug-likeness (QED) is 0.248. The molecule has 0 bridgehead atoms. The van der Waals surface area contributed by atoms with Crippen LogP contribution >= 0.6 is 0 Å². The van der Waals surface area contributed by atoms with E-state index in [0.29, 0.717) is 0 Å². The minimum Gasteiger partial charge on any atom is -0.309 e. The van der Waals surface area contributed by atoms with Crippen LogP contribution in [-0.2, 0) is 5.41 Å². The van der Waals surface area contributed by atoms with Crippen molar-refractivity contribution in [3.63, 3.8) is 0 Å². The summed E-state index contributed by atoms with van der Waals surface area (Å²) in [4.78, 5) is 2.47. The highest BCUT2D eigenvalue weighted by molar-refractivity contribution is 6.01. The second-order valence-electron chi connectivity index (χ2n) is 10.4. The average Bonchev–Trinajstić information content (AvgIpc) is 2.98. The molecule has 2 heterocycles. The molecule has 38 heavy (non-hydrogen) atoms. The van der Waals surface area contributed by atoms with Gasteiger partial charge in [-0.05, 0) is 40.5 Å². The number of aromatic nitrogens is 2. The number of fused-ring (bicyclic) bond motifs is 3. The van der Waals surface area contributed by atoms with E-state index in [1.54, 1.807) is 0 Å². The van der Waals surface area contributed by atoms with Crippen LogP contribution in [0, 0.1) is 0 Å². The van der Waals surface area contributed by atoms with Crippen LogP contribution in [0.15, 0.2) is 128 Å². The predicted octanol–water partition coefficient (Wildman–Crippen LogP) is 9.07. The highest BCUT2D eigenvalue weighted by atomic mass is 15.2. The van der Waals surface area contributed by atoms with E-state index in [2.05, 4.69) is 144 Å². The van der Waals surface area contributed by atoms with Gasteiger partial charge in [-0.1, -0.05) is 111 Å². The van der Waals surface area contributed by atoms with Crippen molar-refractivity contribution in [2.75, 3.05) is 4.90 Å².